The molecule has 1 aromatic carbocycles. The summed E-state index contributed by atoms with van der Waals surface area (Å²) in [4.78, 5) is 7.18. The molecular weight excluding hydrogens is 513 g/mol. The van der Waals surface area contributed by atoms with Gasteiger partial charge in [0.2, 0.25) is 0 Å². The van der Waals surface area contributed by atoms with Crippen molar-refractivity contribution in [2.24, 2.45) is 4.99 Å². The number of hydrogen-bond donors (Lipinski definition) is 2. The zero-order chi connectivity index (χ0) is 21.9. The van der Waals surface area contributed by atoms with Gasteiger partial charge in [0.15, 0.2) is 5.96 Å². The number of aliphatic imine (C=N–C) groups is 1. The van der Waals surface area contributed by atoms with Crippen molar-refractivity contribution in [3.8, 4) is 0 Å². The van der Waals surface area contributed by atoms with Gasteiger partial charge in [0.1, 0.15) is 11.6 Å². The van der Waals surface area contributed by atoms with Crippen molar-refractivity contribution in [1.82, 2.24) is 30.3 Å². The van der Waals surface area contributed by atoms with Gasteiger partial charge < -0.3 is 15.2 Å². The molecule has 0 fully saturated rings. The Morgan fingerprint density at radius 2 is 1.97 bits per heavy atom. The molecule has 3 rings (SSSR count). The van der Waals surface area contributed by atoms with Crippen LogP contribution in [0.4, 0.5) is 0 Å². The first-order chi connectivity index (χ1) is 15.2. The van der Waals surface area contributed by atoms with Gasteiger partial charge in [-0.3, -0.25) is 9.89 Å². The SMILES string of the molecule is CCNC(=NCCC(C)N(C)Cc1ccccc1)NCCc1nnc2n1CCCCC2.I. The van der Waals surface area contributed by atoms with Crippen LogP contribution in [0.3, 0.4) is 0 Å². The second-order valence-electron chi connectivity index (χ2n) is 8.47. The van der Waals surface area contributed by atoms with Crippen LogP contribution in [0.1, 0.15) is 56.7 Å². The Hall–Kier alpha value is -1.68. The first kappa shape index (κ1) is 26.6. The number of rotatable bonds is 10. The van der Waals surface area contributed by atoms with E-state index in [0.717, 1.165) is 69.6 Å². The molecule has 0 spiro atoms. The molecule has 2 heterocycles. The molecule has 1 aliphatic heterocycles. The Balaban J connectivity index is 0.00000363. The van der Waals surface area contributed by atoms with E-state index in [9.17, 15) is 0 Å². The summed E-state index contributed by atoms with van der Waals surface area (Å²) in [6, 6.07) is 11.1. The van der Waals surface area contributed by atoms with Crippen molar-refractivity contribution >= 4 is 29.9 Å². The van der Waals surface area contributed by atoms with E-state index < -0.39 is 0 Å². The second-order valence-corrected chi connectivity index (χ2v) is 8.47. The van der Waals surface area contributed by atoms with Gasteiger partial charge in [-0.05, 0) is 45.7 Å². The van der Waals surface area contributed by atoms with Gasteiger partial charge in [0, 0.05) is 51.6 Å². The van der Waals surface area contributed by atoms with Crippen molar-refractivity contribution in [2.45, 2.75) is 71.5 Å². The summed E-state index contributed by atoms with van der Waals surface area (Å²) in [5, 5.41) is 15.7. The normalized spacial score (nSPS) is 14.9. The Labute approximate surface area is 210 Å². The molecule has 0 saturated carbocycles. The molecule has 7 nitrogen and oxygen atoms in total. The number of aryl methyl sites for hydroxylation is 1. The van der Waals surface area contributed by atoms with Crippen LogP contribution >= 0.6 is 24.0 Å². The summed E-state index contributed by atoms with van der Waals surface area (Å²) in [6.07, 6.45) is 6.70. The minimum atomic E-state index is 0. The number of benzene rings is 1. The lowest BCUT2D eigenvalue weighted by Gasteiger charge is -2.24. The Kier molecular flexibility index (Phi) is 12.0. The summed E-state index contributed by atoms with van der Waals surface area (Å²) in [5.74, 6) is 3.13. The van der Waals surface area contributed by atoms with Crippen molar-refractivity contribution in [2.75, 3.05) is 26.7 Å². The van der Waals surface area contributed by atoms with Gasteiger partial charge in [-0.1, -0.05) is 36.8 Å². The molecule has 2 N–H and O–H groups in total. The molecule has 8 heteroatoms. The Morgan fingerprint density at radius 1 is 1.16 bits per heavy atom. The predicted molar refractivity (Wildman–Crippen MR) is 143 cm³/mol. The van der Waals surface area contributed by atoms with Crippen LogP contribution in [0.15, 0.2) is 35.3 Å². The highest BCUT2D eigenvalue weighted by atomic mass is 127. The first-order valence-electron chi connectivity index (χ1n) is 11.8. The topological polar surface area (TPSA) is 70.4 Å². The number of fused-ring (bicyclic) bond motifs is 1. The van der Waals surface area contributed by atoms with Crippen LogP contribution < -0.4 is 10.6 Å². The molecule has 0 aliphatic carbocycles. The van der Waals surface area contributed by atoms with E-state index in [1.165, 1.54) is 24.8 Å². The number of aromatic nitrogens is 3. The maximum absolute atomic E-state index is 4.79. The average molecular weight is 554 g/mol. The van der Waals surface area contributed by atoms with E-state index in [2.05, 4.69) is 81.5 Å². The van der Waals surface area contributed by atoms with Gasteiger partial charge in [-0.15, -0.1) is 34.2 Å². The number of guanidine groups is 1. The maximum Gasteiger partial charge on any atom is 0.191 e. The van der Waals surface area contributed by atoms with E-state index >= 15 is 0 Å². The van der Waals surface area contributed by atoms with Crippen LogP contribution in [-0.4, -0.2) is 58.3 Å². The van der Waals surface area contributed by atoms with Crippen LogP contribution in [0.25, 0.3) is 0 Å². The van der Waals surface area contributed by atoms with E-state index in [4.69, 9.17) is 4.99 Å². The van der Waals surface area contributed by atoms with Gasteiger partial charge in [0.25, 0.3) is 0 Å². The Morgan fingerprint density at radius 3 is 2.75 bits per heavy atom. The zero-order valence-electron chi connectivity index (χ0n) is 19.9. The molecule has 2 aromatic rings. The lowest BCUT2D eigenvalue weighted by Crippen LogP contribution is -2.39. The minimum Gasteiger partial charge on any atom is -0.357 e. The predicted octanol–water partition coefficient (Wildman–Crippen LogP) is 3.63. The van der Waals surface area contributed by atoms with Gasteiger partial charge in [-0.25, -0.2) is 0 Å². The smallest absolute Gasteiger partial charge is 0.191 e. The average Bonchev–Trinajstić information content (AvgIpc) is 3.00. The molecular formula is C24H40IN7. The van der Waals surface area contributed by atoms with Crippen molar-refractivity contribution in [3.63, 3.8) is 0 Å². The molecule has 1 aliphatic rings. The van der Waals surface area contributed by atoms with E-state index in [-0.39, 0.29) is 24.0 Å². The summed E-state index contributed by atoms with van der Waals surface area (Å²) >= 11 is 0. The summed E-state index contributed by atoms with van der Waals surface area (Å²) in [6.45, 7) is 8.87. The molecule has 178 valence electrons. The fourth-order valence-electron chi connectivity index (χ4n) is 3.98. The number of nitrogens with one attached hydrogen (secondary N) is 2. The Bertz CT molecular complexity index is 806. The van der Waals surface area contributed by atoms with Crippen molar-refractivity contribution < 1.29 is 0 Å². The second kappa shape index (κ2) is 14.5. The zero-order valence-corrected chi connectivity index (χ0v) is 22.2. The fourth-order valence-corrected chi connectivity index (χ4v) is 3.98. The highest BCUT2D eigenvalue weighted by Gasteiger charge is 2.14. The fraction of sp³-hybridized carbons (Fsp3) is 0.625. The van der Waals surface area contributed by atoms with E-state index in [0.29, 0.717) is 6.04 Å². The molecule has 1 unspecified atom stereocenters. The van der Waals surface area contributed by atoms with Crippen LogP contribution in [0, 0.1) is 0 Å². The summed E-state index contributed by atoms with van der Waals surface area (Å²) in [5.41, 5.74) is 1.35. The molecule has 1 aromatic heterocycles. The molecule has 32 heavy (non-hydrogen) atoms. The maximum atomic E-state index is 4.79. The van der Waals surface area contributed by atoms with Gasteiger partial charge in [-0.2, -0.15) is 0 Å². The highest BCUT2D eigenvalue weighted by molar-refractivity contribution is 14.0. The minimum absolute atomic E-state index is 0. The summed E-state index contributed by atoms with van der Waals surface area (Å²) in [7, 11) is 2.19. The molecule has 0 amide bonds. The molecule has 1 atom stereocenters. The van der Waals surface area contributed by atoms with Gasteiger partial charge >= 0.3 is 0 Å². The van der Waals surface area contributed by atoms with Crippen molar-refractivity contribution in [1.29, 1.82) is 0 Å². The molecule has 0 saturated heterocycles. The van der Waals surface area contributed by atoms with Crippen LogP contribution in [0.2, 0.25) is 0 Å². The van der Waals surface area contributed by atoms with E-state index in [1.54, 1.807) is 0 Å². The third-order valence-electron chi connectivity index (χ3n) is 6.02. The third kappa shape index (κ3) is 8.35. The third-order valence-corrected chi connectivity index (χ3v) is 6.02. The lowest BCUT2D eigenvalue weighted by atomic mass is 10.1. The number of hydrogen-bond acceptors (Lipinski definition) is 4. The van der Waals surface area contributed by atoms with Crippen molar-refractivity contribution in [3.05, 3.63) is 47.5 Å². The largest absolute Gasteiger partial charge is 0.357 e. The monoisotopic (exact) mass is 553 g/mol. The highest BCUT2D eigenvalue weighted by Crippen LogP contribution is 2.14. The standard InChI is InChI=1S/C24H39N7.HI/c1-4-25-24(26-16-14-20(2)30(3)19-21-11-7-5-8-12-21)27-17-15-23-29-28-22-13-9-6-10-18-31(22)23;/h5,7-8,11-12,20H,4,6,9-10,13-19H2,1-3H3,(H2,25,26,27);1H. The first-order valence-corrected chi connectivity index (χ1v) is 11.8. The van der Waals surface area contributed by atoms with Crippen LogP contribution in [-0.2, 0) is 25.9 Å². The number of nitrogens with zero attached hydrogens (tertiary/aromatic N) is 5. The van der Waals surface area contributed by atoms with Crippen LogP contribution in [0.5, 0.6) is 0 Å². The number of halogens is 1. The quantitative estimate of drug-likeness (QED) is 0.267. The van der Waals surface area contributed by atoms with E-state index in [1.807, 2.05) is 0 Å². The summed E-state index contributed by atoms with van der Waals surface area (Å²) < 4.78 is 2.32. The lowest BCUT2D eigenvalue weighted by molar-refractivity contribution is 0.240. The van der Waals surface area contributed by atoms with Gasteiger partial charge in [0.05, 0.1) is 0 Å². The molecule has 0 radical (unpaired) electrons. The molecule has 0 bridgehead atoms.